The van der Waals surface area contributed by atoms with E-state index in [1.165, 1.54) is 35.6 Å². The van der Waals surface area contributed by atoms with Gasteiger partial charge < -0.3 is 10.1 Å². The Morgan fingerprint density at radius 2 is 1.88 bits per heavy atom. The normalized spacial score (nSPS) is 17.0. The molecule has 2 aromatic rings. The fourth-order valence-corrected chi connectivity index (χ4v) is 5.18. The zero-order valence-electron chi connectivity index (χ0n) is 18.5. The van der Waals surface area contributed by atoms with Crippen LogP contribution in [0.2, 0.25) is 0 Å². The number of nitrogens with zero attached hydrogens (tertiary/aromatic N) is 2. The van der Waals surface area contributed by atoms with Crippen LogP contribution in [0.3, 0.4) is 0 Å². The Hall–Kier alpha value is -2.65. The number of rotatable bonds is 9. The first-order valence-corrected chi connectivity index (χ1v) is 12.2. The number of benzene rings is 2. The van der Waals surface area contributed by atoms with E-state index in [9.17, 15) is 17.6 Å². The highest BCUT2D eigenvalue weighted by molar-refractivity contribution is 7.90. The third kappa shape index (κ3) is 5.98. The lowest BCUT2D eigenvalue weighted by Crippen LogP contribution is -2.49. The van der Waals surface area contributed by atoms with Crippen LogP contribution in [0.1, 0.15) is 25.3 Å². The maximum Gasteiger partial charge on any atom is 0.303 e. The molecule has 1 unspecified atom stereocenters. The molecule has 1 saturated heterocycles. The minimum atomic E-state index is -3.81. The quantitative estimate of drug-likeness (QED) is 0.620. The van der Waals surface area contributed by atoms with Crippen molar-refractivity contribution in [1.82, 2.24) is 9.62 Å². The van der Waals surface area contributed by atoms with Gasteiger partial charge in [-0.15, -0.1) is 0 Å². The lowest BCUT2D eigenvalue weighted by atomic mass is 9.99. The number of anilines is 1. The minimum absolute atomic E-state index is 0.128. The van der Waals surface area contributed by atoms with Crippen LogP contribution in [0.15, 0.2) is 48.5 Å². The van der Waals surface area contributed by atoms with Crippen LogP contribution in [-0.2, 0) is 21.4 Å². The molecular weight excluding hydrogens is 433 g/mol. The summed E-state index contributed by atoms with van der Waals surface area (Å²) in [5.41, 5.74) is 1.45. The van der Waals surface area contributed by atoms with E-state index in [4.69, 9.17) is 4.74 Å². The second kappa shape index (κ2) is 10.8. The van der Waals surface area contributed by atoms with Crippen molar-refractivity contribution >= 4 is 21.8 Å². The predicted molar refractivity (Wildman–Crippen MR) is 122 cm³/mol. The molecule has 1 heterocycles. The molecule has 1 amide bonds. The Morgan fingerprint density at radius 1 is 1.19 bits per heavy atom. The topological polar surface area (TPSA) is 79.0 Å². The summed E-state index contributed by atoms with van der Waals surface area (Å²) in [7, 11) is -2.38. The van der Waals surface area contributed by atoms with Gasteiger partial charge in [-0.25, -0.2) is 4.39 Å². The van der Waals surface area contributed by atoms with Gasteiger partial charge in [-0.1, -0.05) is 12.1 Å². The number of halogens is 1. The standard InChI is InChI=1S/C23H30FN3O4S/c1-3-31-22-12-6-18(7-13-22)14-15-25-23(28)19-5-4-16-27(17-19)32(29,30)26(2)21-10-8-20(24)9-11-21/h6-13,19H,3-5,14-17H2,1-2H3,(H,25,28). The van der Waals surface area contributed by atoms with E-state index in [-0.39, 0.29) is 12.5 Å². The van der Waals surface area contributed by atoms with Crippen molar-refractivity contribution < 1.29 is 22.3 Å². The predicted octanol–water partition coefficient (Wildman–Crippen LogP) is 2.98. The van der Waals surface area contributed by atoms with E-state index in [0.717, 1.165) is 15.6 Å². The highest BCUT2D eigenvalue weighted by Gasteiger charge is 2.34. The molecule has 9 heteroatoms. The molecule has 1 fully saturated rings. The van der Waals surface area contributed by atoms with E-state index in [2.05, 4.69) is 5.32 Å². The molecule has 1 aliphatic rings. The van der Waals surface area contributed by atoms with Crippen molar-refractivity contribution in [3.63, 3.8) is 0 Å². The SMILES string of the molecule is CCOc1ccc(CCNC(=O)C2CCCN(S(=O)(=O)N(C)c3ccc(F)cc3)C2)cc1. The van der Waals surface area contributed by atoms with Gasteiger partial charge in [0.2, 0.25) is 5.91 Å². The Morgan fingerprint density at radius 3 is 2.53 bits per heavy atom. The smallest absolute Gasteiger partial charge is 0.303 e. The molecule has 0 aliphatic carbocycles. The monoisotopic (exact) mass is 463 g/mol. The first kappa shape index (κ1) is 24.0. The largest absolute Gasteiger partial charge is 0.494 e. The molecule has 0 bridgehead atoms. The van der Waals surface area contributed by atoms with E-state index >= 15 is 0 Å². The third-order valence-corrected chi connectivity index (χ3v) is 7.45. The van der Waals surface area contributed by atoms with E-state index in [1.54, 1.807) is 0 Å². The summed E-state index contributed by atoms with van der Waals surface area (Å²) < 4.78 is 47.1. The van der Waals surface area contributed by atoms with Crippen molar-refractivity contribution in [1.29, 1.82) is 0 Å². The molecule has 2 aromatic carbocycles. The van der Waals surface area contributed by atoms with Gasteiger partial charge in [0.05, 0.1) is 18.2 Å². The van der Waals surface area contributed by atoms with Gasteiger partial charge in [0.1, 0.15) is 11.6 Å². The molecular formula is C23H30FN3O4S. The lowest BCUT2D eigenvalue weighted by Gasteiger charge is -2.34. The van der Waals surface area contributed by atoms with Crippen molar-refractivity contribution in [2.24, 2.45) is 5.92 Å². The molecule has 3 rings (SSSR count). The van der Waals surface area contributed by atoms with Crippen molar-refractivity contribution in [3.05, 3.63) is 59.9 Å². The van der Waals surface area contributed by atoms with Crippen LogP contribution in [0.25, 0.3) is 0 Å². The number of hydrogen-bond acceptors (Lipinski definition) is 4. The van der Waals surface area contributed by atoms with Crippen LogP contribution in [0.5, 0.6) is 5.75 Å². The average molecular weight is 464 g/mol. The van der Waals surface area contributed by atoms with Gasteiger partial charge in [-0.05, 0) is 68.1 Å². The van der Waals surface area contributed by atoms with Gasteiger partial charge in [0.25, 0.3) is 0 Å². The maximum atomic E-state index is 13.2. The summed E-state index contributed by atoms with van der Waals surface area (Å²) in [6, 6.07) is 13.0. The molecule has 174 valence electrons. The van der Waals surface area contributed by atoms with Gasteiger partial charge >= 0.3 is 10.2 Å². The van der Waals surface area contributed by atoms with Gasteiger partial charge in [-0.2, -0.15) is 12.7 Å². The van der Waals surface area contributed by atoms with Crippen LogP contribution in [0, 0.1) is 11.7 Å². The first-order chi connectivity index (χ1) is 15.3. The summed E-state index contributed by atoms with van der Waals surface area (Å²) in [5, 5.41) is 2.93. The Balaban J connectivity index is 1.54. The molecule has 0 radical (unpaired) electrons. The van der Waals surface area contributed by atoms with Gasteiger partial charge in [0, 0.05) is 26.7 Å². The second-order valence-electron chi connectivity index (χ2n) is 7.77. The number of nitrogens with one attached hydrogen (secondary N) is 1. The van der Waals surface area contributed by atoms with Crippen molar-refractivity contribution in [2.75, 3.05) is 37.6 Å². The first-order valence-electron chi connectivity index (χ1n) is 10.8. The molecule has 1 N–H and O–H groups in total. The van der Waals surface area contributed by atoms with Gasteiger partial charge in [0.15, 0.2) is 0 Å². The highest BCUT2D eigenvalue weighted by atomic mass is 32.2. The van der Waals surface area contributed by atoms with E-state index < -0.39 is 21.9 Å². The van der Waals surface area contributed by atoms with Crippen LogP contribution in [-0.4, -0.2) is 51.9 Å². The van der Waals surface area contributed by atoms with Gasteiger partial charge in [-0.3, -0.25) is 9.10 Å². The van der Waals surface area contributed by atoms with Crippen molar-refractivity contribution in [2.45, 2.75) is 26.2 Å². The van der Waals surface area contributed by atoms with Crippen LogP contribution in [0.4, 0.5) is 10.1 Å². The fraction of sp³-hybridized carbons (Fsp3) is 0.435. The van der Waals surface area contributed by atoms with E-state index in [1.807, 2.05) is 31.2 Å². The minimum Gasteiger partial charge on any atom is -0.494 e. The number of amides is 1. The zero-order valence-corrected chi connectivity index (χ0v) is 19.3. The Kier molecular flexibility index (Phi) is 8.09. The molecule has 32 heavy (non-hydrogen) atoms. The molecule has 1 aliphatic heterocycles. The maximum absolute atomic E-state index is 13.2. The average Bonchev–Trinajstić information content (AvgIpc) is 2.80. The lowest BCUT2D eigenvalue weighted by molar-refractivity contribution is -0.126. The molecule has 7 nitrogen and oxygen atoms in total. The number of hydrogen-bond donors (Lipinski definition) is 1. The summed E-state index contributed by atoms with van der Waals surface area (Å²) >= 11 is 0. The number of carbonyl (C=O) groups excluding carboxylic acids is 1. The third-order valence-electron chi connectivity index (χ3n) is 5.56. The zero-order chi connectivity index (χ0) is 23.1. The highest BCUT2D eigenvalue weighted by Crippen LogP contribution is 2.24. The Labute approximate surface area is 189 Å². The van der Waals surface area contributed by atoms with E-state index in [0.29, 0.717) is 44.6 Å². The second-order valence-corrected chi connectivity index (χ2v) is 9.73. The number of carbonyl (C=O) groups is 1. The number of piperidine rings is 1. The number of ether oxygens (including phenoxy) is 1. The molecule has 1 atom stereocenters. The molecule has 0 aromatic heterocycles. The molecule has 0 saturated carbocycles. The molecule has 0 spiro atoms. The summed E-state index contributed by atoms with van der Waals surface area (Å²) in [5.74, 6) is -0.158. The summed E-state index contributed by atoms with van der Waals surface area (Å²) in [6.07, 6.45) is 1.93. The van der Waals surface area contributed by atoms with Crippen LogP contribution < -0.4 is 14.4 Å². The summed E-state index contributed by atoms with van der Waals surface area (Å²) in [6.45, 7) is 3.50. The summed E-state index contributed by atoms with van der Waals surface area (Å²) in [4.78, 5) is 12.7. The van der Waals surface area contributed by atoms with Crippen LogP contribution >= 0.6 is 0 Å². The van der Waals surface area contributed by atoms with Crippen molar-refractivity contribution in [3.8, 4) is 5.75 Å². The fourth-order valence-electron chi connectivity index (χ4n) is 3.72. The Bertz CT molecular complexity index is 997.